The van der Waals surface area contributed by atoms with E-state index in [2.05, 4.69) is 11.2 Å². The van der Waals surface area contributed by atoms with Crippen molar-refractivity contribution in [1.82, 2.24) is 0 Å². The number of anilines is 1. The van der Waals surface area contributed by atoms with Crippen LogP contribution >= 0.6 is 0 Å². The summed E-state index contributed by atoms with van der Waals surface area (Å²) >= 11 is 0. The number of carbonyl (C=O) groups excluding carboxylic acids is 1. The summed E-state index contributed by atoms with van der Waals surface area (Å²) in [5.41, 5.74) is 1.48. The number of hydrogen-bond acceptors (Lipinski definition) is 1. The fourth-order valence-corrected chi connectivity index (χ4v) is 1.30. The van der Waals surface area contributed by atoms with E-state index in [9.17, 15) is 4.79 Å². The molecule has 14 heavy (non-hydrogen) atoms. The summed E-state index contributed by atoms with van der Waals surface area (Å²) in [6.45, 7) is 0. The maximum Gasteiger partial charge on any atom is 0.227 e. The summed E-state index contributed by atoms with van der Waals surface area (Å²) in [5.74, 6) is 2.85. The molecule has 1 saturated carbocycles. The largest absolute Gasteiger partial charge is 0.325 e. The Kier molecular flexibility index (Phi) is 2.24. The van der Waals surface area contributed by atoms with E-state index in [0.717, 1.165) is 24.1 Å². The molecule has 1 aromatic carbocycles. The summed E-state index contributed by atoms with van der Waals surface area (Å²) in [7, 11) is 0. The quantitative estimate of drug-likeness (QED) is 0.702. The number of benzene rings is 1. The molecule has 2 nitrogen and oxygen atoms in total. The molecule has 2 rings (SSSR count). The molecule has 0 radical (unpaired) electrons. The van der Waals surface area contributed by atoms with Crippen molar-refractivity contribution in [3.05, 3.63) is 29.8 Å². The van der Waals surface area contributed by atoms with Gasteiger partial charge in [0.1, 0.15) is 0 Å². The Bertz CT molecular complexity index is 399. The molecule has 1 aliphatic rings. The van der Waals surface area contributed by atoms with Gasteiger partial charge in [-0.05, 0) is 25.0 Å². The fraction of sp³-hybridized carbons (Fsp3) is 0.250. The second-order valence-electron chi connectivity index (χ2n) is 3.45. The topological polar surface area (TPSA) is 29.1 Å². The van der Waals surface area contributed by atoms with Crippen LogP contribution in [0.5, 0.6) is 0 Å². The number of amides is 1. The van der Waals surface area contributed by atoms with Gasteiger partial charge in [-0.25, -0.2) is 0 Å². The van der Waals surface area contributed by atoms with E-state index in [0.29, 0.717) is 0 Å². The molecule has 1 amide bonds. The van der Waals surface area contributed by atoms with E-state index in [1.165, 1.54) is 0 Å². The smallest absolute Gasteiger partial charge is 0.227 e. The monoisotopic (exact) mass is 185 g/mol. The second-order valence-corrected chi connectivity index (χ2v) is 3.45. The molecule has 0 spiro atoms. The van der Waals surface area contributed by atoms with Gasteiger partial charge in [-0.1, -0.05) is 18.1 Å². The molecule has 1 N–H and O–H groups in total. The van der Waals surface area contributed by atoms with Gasteiger partial charge < -0.3 is 5.32 Å². The third-order valence-corrected chi connectivity index (χ3v) is 2.29. The minimum absolute atomic E-state index is 0.0905. The van der Waals surface area contributed by atoms with Crippen LogP contribution in [-0.2, 0) is 4.79 Å². The molecule has 0 atom stereocenters. The Morgan fingerprint density at radius 1 is 1.43 bits per heavy atom. The number of hydrogen-bond donors (Lipinski definition) is 1. The number of carbonyl (C=O) groups is 1. The first-order valence-corrected chi connectivity index (χ1v) is 4.68. The zero-order valence-corrected chi connectivity index (χ0v) is 7.79. The van der Waals surface area contributed by atoms with Crippen LogP contribution in [0.15, 0.2) is 24.3 Å². The molecule has 1 fully saturated rings. The van der Waals surface area contributed by atoms with Gasteiger partial charge >= 0.3 is 0 Å². The Morgan fingerprint density at radius 2 is 2.14 bits per heavy atom. The molecule has 70 valence electrons. The molecule has 0 unspecified atom stereocenters. The highest BCUT2D eigenvalue weighted by atomic mass is 16.2. The van der Waals surface area contributed by atoms with E-state index in [1.54, 1.807) is 0 Å². The molecular weight excluding hydrogens is 174 g/mol. The molecular formula is C12H11NO. The van der Waals surface area contributed by atoms with Gasteiger partial charge in [0.05, 0.1) is 5.69 Å². The van der Waals surface area contributed by atoms with Crippen LogP contribution in [0.4, 0.5) is 5.69 Å². The van der Waals surface area contributed by atoms with Crippen molar-refractivity contribution in [3.8, 4) is 12.3 Å². The predicted molar refractivity (Wildman–Crippen MR) is 55.7 cm³/mol. The molecule has 0 saturated heterocycles. The van der Waals surface area contributed by atoms with Crippen molar-refractivity contribution in [2.75, 3.05) is 5.32 Å². The first kappa shape index (κ1) is 8.83. The third-order valence-electron chi connectivity index (χ3n) is 2.29. The first-order valence-electron chi connectivity index (χ1n) is 4.68. The van der Waals surface area contributed by atoms with Gasteiger partial charge in [0.25, 0.3) is 0 Å². The van der Waals surface area contributed by atoms with Crippen molar-refractivity contribution in [3.63, 3.8) is 0 Å². The summed E-state index contributed by atoms with van der Waals surface area (Å²) in [6.07, 6.45) is 7.32. The standard InChI is InChI=1S/C12H11NO/c1-2-9-5-3-4-6-11(9)13-12(14)10-7-8-10/h1,3-6,10H,7-8H2,(H,13,14). The maximum atomic E-state index is 11.5. The van der Waals surface area contributed by atoms with Crippen molar-refractivity contribution < 1.29 is 4.79 Å². The average Bonchev–Trinajstić information content (AvgIpc) is 3.02. The summed E-state index contributed by atoms with van der Waals surface area (Å²) in [4.78, 5) is 11.5. The molecule has 0 aliphatic heterocycles. The minimum Gasteiger partial charge on any atom is -0.325 e. The third kappa shape index (κ3) is 1.77. The van der Waals surface area contributed by atoms with Gasteiger partial charge in [-0.2, -0.15) is 0 Å². The SMILES string of the molecule is C#Cc1ccccc1NC(=O)C1CC1. The first-order chi connectivity index (χ1) is 6.81. The highest BCUT2D eigenvalue weighted by Gasteiger charge is 2.29. The van der Waals surface area contributed by atoms with Crippen LogP contribution in [0, 0.1) is 18.3 Å². The Balaban J connectivity index is 2.15. The Morgan fingerprint density at radius 3 is 2.79 bits per heavy atom. The van der Waals surface area contributed by atoms with Crippen molar-refractivity contribution in [2.24, 2.45) is 5.92 Å². The van der Waals surface area contributed by atoms with E-state index in [1.807, 2.05) is 24.3 Å². The van der Waals surface area contributed by atoms with Crippen LogP contribution in [0.2, 0.25) is 0 Å². The van der Waals surface area contributed by atoms with Crippen LogP contribution in [0.25, 0.3) is 0 Å². The normalized spacial score (nSPS) is 14.5. The van der Waals surface area contributed by atoms with Gasteiger partial charge in [0.2, 0.25) is 5.91 Å². The summed E-state index contributed by atoms with van der Waals surface area (Å²) in [5, 5.41) is 2.84. The fourth-order valence-electron chi connectivity index (χ4n) is 1.30. The second kappa shape index (κ2) is 3.55. The lowest BCUT2D eigenvalue weighted by atomic mass is 10.2. The zero-order valence-electron chi connectivity index (χ0n) is 7.79. The van der Waals surface area contributed by atoms with E-state index < -0.39 is 0 Å². The maximum absolute atomic E-state index is 11.5. The van der Waals surface area contributed by atoms with Gasteiger partial charge in [-0.15, -0.1) is 6.42 Å². The van der Waals surface area contributed by atoms with Gasteiger partial charge in [0.15, 0.2) is 0 Å². The predicted octanol–water partition coefficient (Wildman–Crippen LogP) is 2.02. The van der Waals surface area contributed by atoms with Crippen LogP contribution < -0.4 is 5.32 Å². The lowest BCUT2D eigenvalue weighted by Crippen LogP contribution is -2.14. The number of terminal acetylenes is 1. The van der Waals surface area contributed by atoms with Crippen molar-refractivity contribution in [2.45, 2.75) is 12.8 Å². The highest BCUT2D eigenvalue weighted by Crippen LogP contribution is 2.30. The minimum atomic E-state index is 0.0905. The average molecular weight is 185 g/mol. The molecule has 1 aromatic rings. The highest BCUT2D eigenvalue weighted by molar-refractivity contribution is 5.95. The lowest BCUT2D eigenvalue weighted by molar-refractivity contribution is -0.117. The molecule has 0 heterocycles. The Hall–Kier alpha value is -1.75. The Labute approximate surface area is 83.3 Å². The molecule has 2 heteroatoms. The van der Waals surface area contributed by atoms with E-state index in [4.69, 9.17) is 6.42 Å². The van der Waals surface area contributed by atoms with E-state index in [-0.39, 0.29) is 11.8 Å². The molecule has 1 aliphatic carbocycles. The number of rotatable bonds is 2. The van der Waals surface area contributed by atoms with Crippen molar-refractivity contribution >= 4 is 11.6 Å². The van der Waals surface area contributed by atoms with Gasteiger partial charge in [-0.3, -0.25) is 4.79 Å². The van der Waals surface area contributed by atoms with Gasteiger partial charge in [0, 0.05) is 11.5 Å². The van der Waals surface area contributed by atoms with Crippen LogP contribution in [0.1, 0.15) is 18.4 Å². The lowest BCUT2D eigenvalue weighted by Gasteiger charge is -2.05. The summed E-state index contributed by atoms with van der Waals surface area (Å²) < 4.78 is 0. The zero-order chi connectivity index (χ0) is 9.97. The van der Waals surface area contributed by atoms with E-state index >= 15 is 0 Å². The molecule has 0 aromatic heterocycles. The summed E-state index contributed by atoms with van der Waals surface area (Å²) in [6, 6.07) is 7.38. The molecule has 0 bridgehead atoms. The number of nitrogens with one attached hydrogen (secondary N) is 1. The van der Waals surface area contributed by atoms with Crippen LogP contribution in [-0.4, -0.2) is 5.91 Å². The van der Waals surface area contributed by atoms with Crippen LogP contribution in [0.3, 0.4) is 0 Å². The number of para-hydroxylation sites is 1. The van der Waals surface area contributed by atoms with Crippen molar-refractivity contribution in [1.29, 1.82) is 0 Å².